The van der Waals surface area contributed by atoms with E-state index < -0.39 is 16.7 Å². The van der Waals surface area contributed by atoms with Crippen LogP contribution in [0.5, 0.6) is 0 Å². The first-order valence-corrected chi connectivity index (χ1v) is 9.43. The average Bonchev–Trinajstić information content (AvgIpc) is 3.10. The number of thiazole rings is 1. The summed E-state index contributed by atoms with van der Waals surface area (Å²) in [6.07, 6.45) is 0.0366. The zero-order chi connectivity index (χ0) is 20.1. The number of nitro benzene ring substituents is 1. The molecule has 1 aromatic carbocycles. The van der Waals surface area contributed by atoms with E-state index in [9.17, 15) is 19.7 Å². The maximum atomic E-state index is 12.3. The lowest BCUT2D eigenvalue weighted by atomic mass is 10.1. The predicted octanol–water partition coefficient (Wildman–Crippen LogP) is 1.20. The highest BCUT2D eigenvalue weighted by Crippen LogP contribution is 2.29. The van der Waals surface area contributed by atoms with Crippen molar-refractivity contribution < 1.29 is 19.2 Å². The van der Waals surface area contributed by atoms with Gasteiger partial charge in [-0.1, -0.05) is 0 Å². The van der Waals surface area contributed by atoms with Gasteiger partial charge in [0.2, 0.25) is 5.91 Å². The van der Waals surface area contributed by atoms with Gasteiger partial charge in [0.25, 0.3) is 11.6 Å². The molecule has 148 valence electrons. The Labute approximate surface area is 164 Å². The van der Waals surface area contributed by atoms with Crippen molar-refractivity contribution in [2.24, 2.45) is 0 Å². The molecule has 10 nitrogen and oxygen atoms in total. The lowest BCUT2D eigenvalue weighted by molar-refractivity contribution is -0.384. The number of nitro groups is 1. The minimum Gasteiger partial charge on any atom is -0.378 e. The van der Waals surface area contributed by atoms with E-state index in [2.05, 4.69) is 15.8 Å². The maximum Gasteiger partial charge on any atom is 0.293 e. The SMILES string of the molecule is Cc1csc(CC(=O)NNC(=O)c2ccc(N3CCOCC3)c([N+](=O)[O-])c2)n1. The van der Waals surface area contributed by atoms with E-state index in [4.69, 9.17) is 4.74 Å². The average molecular weight is 405 g/mol. The molecular weight excluding hydrogens is 386 g/mol. The summed E-state index contributed by atoms with van der Waals surface area (Å²) in [5, 5.41) is 13.9. The summed E-state index contributed by atoms with van der Waals surface area (Å²) in [6, 6.07) is 4.23. The van der Waals surface area contributed by atoms with Gasteiger partial charge in [0.1, 0.15) is 10.7 Å². The van der Waals surface area contributed by atoms with Gasteiger partial charge < -0.3 is 9.64 Å². The molecule has 0 saturated carbocycles. The van der Waals surface area contributed by atoms with Crippen molar-refractivity contribution in [2.75, 3.05) is 31.2 Å². The second kappa shape index (κ2) is 8.76. The van der Waals surface area contributed by atoms with Crippen molar-refractivity contribution >= 4 is 34.5 Å². The number of ether oxygens (including phenoxy) is 1. The quantitative estimate of drug-likeness (QED) is 0.565. The molecule has 1 aliphatic heterocycles. The Morgan fingerprint density at radius 3 is 2.71 bits per heavy atom. The van der Waals surface area contributed by atoms with Crippen LogP contribution in [0.2, 0.25) is 0 Å². The Morgan fingerprint density at radius 2 is 2.07 bits per heavy atom. The summed E-state index contributed by atoms with van der Waals surface area (Å²) < 4.78 is 5.26. The second-order valence-corrected chi connectivity index (χ2v) is 7.06. The van der Waals surface area contributed by atoms with Gasteiger partial charge >= 0.3 is 0 Å². The van der Waals surface area contributed by atoms with Crippen molar-refractivity contribution in [1.29, 1.82) is 0 Å². The number of aryl methyl sites for hydroxylation is 1. The van der Waals surface area contributed by atoms with Crippen LogP contribution in [0.3, 0.4) is 0 Å². The van der Waals surface area contributed by atoms with E-state index in [1.165, 1.54) is 23.5 Å². The number of hydrazine groups is 1. The molecule has 2 N–H and O–H groups in total. The number of nitrogens with zero attached hydrogens (tertiary/aromatic N) is 3. The molecule has 0 atom stereocenters. The van der Waals surface area contributed by atoms with Gasteiger partial charge in [-0.3, -0.25) is 30.6 Å². The van der Waals surface area contributed by atoms with E-state index in [-0.39, 0.29) is 17.7 Å². The van der Waals surface area contributed by atoms with Crippen LogP contribution in [-0.2, 0) is 16.0 Å². The Balaban J connectivity index is 1.65. The minimum absolute atomic E-state index is 0.0366. The maximum absolute atomic E-state index is 12.3. The van der Waals surface area contributed by atoms with E-state index in [0.29, 0.717) is 37.0 Å². The Morgan fingerprint density at radius 1 is 1.32 bits per heavy atom. The van der Waals surface area contributed by atoms with Crippen LogP contribution in [0.1, 0.15) is 21.1 Å². The molecule has 1 aliphatic rings. The smallest absolute Gasteiger partial charge is 0.293 e. The van der Waals surface area contributed by atoms with Crippen LogP contribution in [0.15, 0.2) is 23.6 Å². The van der Waals surface area contributed by atoms with E-state index >= 15 is 0 Å². The fourth-order valence-electron chi connectivity index (χ4n) is 2.75. The summed E-state index contributed by atoms with van der Waals surface area (Å²) >= 11 is 1.36. The third kappa shape index (κ3) is 4.81. The molecular formula is C17H19N5O5S. The number of nitrogens with one attached hydrogen (secondary N) is 2. The molecule has 2 heterocycles. The van der Waals surface area contributed by atoms with E-state index in [0.717, 1.165) is 5.69 Å². The lowest BCUT2D eigenvalue weighted by Gasteiger charge is -2.28. The fraction of sp³-hybridized carbons (Fsp3) is 0.353. The summed E-state index contributed by atoms with van der Waals surface area (Å²) in [6.45, 7) is 3.89. The number of aromatic nitrogens is 1. The number of carbonyl (C=O) groups is 2. The van der Waals surface area contributed by atoms with Crippen LogP contribution in [0.25, 0.3) is 0 Å². The highest BCUT2D eigenvalue weighted by molar-refractivity contribution is 7.09. The van der Waals surface area contributed by atoms with Crippen molar-refractivity contribution in [3.63, 3.8) is 0 Å². The summed E-state index contributed by atoms with van der Waals surface area (Å²) in [7, 11) is 0. The molecule has 11 heteroatoms. The molecule has 1 aromatic heterocycles. The summed E-state index contributed by atoms with van der Waals surface area (Å²) in [4.78, 5) is 41.1. The molecule has 0 aliphatic carbocycles. The number of amides is 2. The van der Waals surface area contributed by atoms with Crippen LogP contribution in [0, 0.1) is 17.0 Å². The molecule has 28 heavy (non-hydrogen) atoms. The molecule has 0 spiro atoms. The molecule has 2 aromatic rings. The number of hydrogen-bond acceptors (Lipinski definition) is 8. The monoisotopic (exact) mass is 405 g/mol. The molecule has 0 radical (unpaired) electrons. The van der Waals surface area contributed by atoms with Gasteiger partial charge in [0, 0.05) is 35.8 Å². The first-order chi connectivity index (χ1) is 13.4. The summed E-state index contributed by atoms with van der Waals surface area (Å²) in [5.41, 5.74) is 5.74. The van der Waals surface area contributed by atoms with Crippen molar-refractivity contribution in [3.8, 4) is 0 Å². The highest BCUT2D eigenvalue weighted by atomic mass is 32.1. The number of anilines is 1. The molecule has 1 fully saturated rings. The molecule has 0 unspecified atom stereocenters. The Kier molecular flexibility index (Phi) is 6.16. The zero-order valence-corrected chi connectivity index (χ0v) is 16.0. The summed E-state index contributed by atoms with van der Waals surface area (Å²) in [5.74, 6) is -1.07. The lowest BCUT2D eigenvalue weighted by Crippen LogP contribution is -2.42. The molecule has 2 amide bonds. The van der Waals surface area contributed by atoms with Crippen LogP contribution >= 0.6 is 11.3 Å². The van der Waals surface area contributed by atoms with Gasteiger partial charge in [-0.25, -0.2) is 4.98 Å². The zero-order valence-electron chi connectivity index (χ0n) is 15.1. The second-order valence-electron chi connectivity index (χ2n) is 6.12. The molecule has 1 saturated heterocycles. The van der Waals surface area contributed by atoms with Gasteiger partial charge in [-0.2, -0.15) is 0 Å². The molecule has 3 rings (SSSR count). The highest BCUT2D eigenvalue weighted by Gasteiger charge is 2.23. The van der Waals surface area contributed by atoms with Gasteiger partial charge in [-0.15, -0.1) is 11.3 Å². The number of morpholine rings is 1. The van der Waals surface area contributed by atoms with E-state index in [1.54, 1.807) is 6.07 Å². The van der Waals surface area contributed by atoms with Crippen molar-refractivity contribution in [3.05, 3.63) is 50.0 Å². The minimum atomic E-state index is -0.639. The van der Waals surface area contributed by atoms with Gasteiger partial charge in [0.15, 0.2) is 0 Å². The van der Waals surface area contributed by atoms with Crippen molar-refractivity contribution in [1.82, 2.24) is 15.8 Å². The third-order valence-electron chi connectivity index (χ3n) is 4.08. The first kappa shape index (κ1) is 19.7. The van der Waals surface area contributed by atoms with Crippen molar-refractivity contribution in [2.45, 2.75) is 13.3 Å². The van der Waals surface area contributed by atoms with Gasteiger partial charge in [-0.05, 0) is 19.1 Å². The van der Waals surface area contributed by atoms with Crippen LogP contribution in [-0.4, -0.2) is 48.0 Å². The van der Waals surface area contributed by atoms with Crippen LogP contribution < -0.4 is 15.8 Å². The van der Waals surface area contributed by atoms with Gasteiger partial charge in [0.05, 0.1) is 24.6 Å². The Hall–Kier alpha value is -3.05. The predicted molar refractivity (Wildman–Crippen MR) is 102 cm³/mol. The fourth-order valence-corrected chi connectivity index (χ4v) is 3.52. The number of rotatable bonds is 5. The standard InChI is InChI=1S/C17H19N5O5S/c1-11-10-28-16(18-11)9-15(23)19-20-17(24)12-2-3-13(14(8-12)22(25)26)21-4-6-27-7-5-21/h2-3,8,10H,4-7,9H2,1H3,(H,19,23)(H,20,24). The number of benzene rings is 1. The largest absolute Gasteiger partial charge is 0.378 e. The topological polar surface area (TPSA) is 127 Å². The Bertz CT molecular complexity index is 894. The molecule has 0 bridgehead atoms. The normalized spacial score (nSPS) is 13.8. The first-order valence-electron chi connectivity index (χ1n) is 8.55. The third-order valence-corrected chi connectivity index (χ3v) is 5.05. The number of carbonyl (C=O) groups excluding carboxylic acids is 2. The van der Waals surface area contributed by atoms with Crippen LogP contribution in [0.4, 0.5) is 11.4 Å². The number of hydrogen-bond donors (Lipinski definition) is 2. The van der Waals surface area contributed by atoms with E-state index in [1.807, 2.05) is 17.2 Å².